The standard InChI is InChI=1S/C20H26N6O/c1-4-8-17-13-18(24-23-17)14-25(3)20(27)22-19-11-12-21-26(19)15(2)16-9-6-5-7-10-16/h5-7,9-13,15H,4,8,14H2,1-3H3,(H,22,27)(H,23,24)/t15-/m1/s1. The zero-order chi connectivity index (χ0) is 19.2. The summed E-state index contributed by atoms with van der Waals surface area (Å²) >= 11 is 0. The quantitative estimate of drug-likeness (QED) is 0.667. The lowest BCUT2D eigenvalue weighted by Gasteiger charge is -2.20. The molecule has 0 radical (unpaired) electrons. The van der Waals surface area contributed by atoms with Gasteiger partial charge in [0.2, 0.25) is 0 Å². The summed E-state index contributed by atoms with van der Waals surface area (Å²) in [7, 11) is 1.76. The van der Waals surface area contributed by atoms with Crippen LogP contribution in [0.3, 0.4) is 0 Å². The fraction of sp³-hybridized carbons (Fsp3) is 0.350. The Morgan fingerprint density at radius 2 is 2.07 bits per heavy atom. The molecule has 0 spiro atoms. The number of aromatic nitrogens is 4. The summed E-state index contributed by atoms with van der Waals surface area (Å²) in [4.78, 5) is 14.2. The number of nitrogens with one attached hydrogen (secondary N) is 2. The van der Waals surface area contributed by atoms with E-state index in [4.69, 9.17) is 0 Å². The van der Waals surface area contributed by atoms with E-state index in [0.717, 1.165) is 29.8 Å². The molecule has 3 aromatic rings. The number of hydrogen-bond donors (Lipinski definition) is 2. The molecule has 0 aliphatic rings. The highest BCUT2D eigenvalue weighted by atomic mass is 16.2. The zero-order valence-electron chi connectivity index (χ0n) is 16.0. The maximum atomic E-state index is 12.6. The van der Waals surface area contributed by atoms with Gasteiger partial charge in [0.1, 0.15) is 5.82 Å². The monoisotopic (exact) mass is 366 g/mol. The van der Waals surface area contributed by atoms with E-state index >= 15 is 0 Å². The molecule has 27 heavy (non-hydrogen) atoms. The lowest BCUT2D eigenvalue weighted by atomic mass is 10.1. The SMILES string of the molecule is CCCc1cc(CN(C)C(=O)Nc2ccnn2[C@H](C)c2ccccc2)[nH]n1. The van der Waals surface area contributed by atoms with Crippen LogP contribution in [0.4, 0.5) is 10.6 Å². The molecule has 0 saturated heterocycles. The normalized spacial score (nSPS) is 12.0. The summed E-state index contributed by atoms with van der Waals surface area (Å²) in [6, 6.07) is 13.7. The third kappa shape index (κ3) is 4.55. The van der Waals surface area contributed by atoms with Crippen molar-refractivity contribution in [2.45, 2.75) is 39.3 Å². The van der Waals surface area contributed by atoms with Crippen molar-refractivity contribution in [2.24, 2.45) is 0 Å². The van der Waals surface area contributed by atoms with E-state index in [0.29, 0.717) is 12.4 Å². The molecular weight excluding hydrogens is 340 g/mol. The molecule has 1 aromatic carbocycles. The summed E-state index contributed by atoms with van der Waals surface area (Å²) in [5.74, 6) is 0.666. The van der Waals surface area contributed by atoms with Crippen molar-refractivity contribution < 1.29 is 4.79 Å². The van der Waals surface area contributed by atoms with Gasteiger partial charge < -0.3 is 4.90 Å². The van der Waals surface area contributed by atoms with Gasteiger partial charge in [-0.3, -0.25) is 10.4 Å². The number of aryl methyl sites for hydroxylation is 1. The Bertz CT molecular complexity index is 869. The first-order chi connectivity index (χ1) is 13.1. The molecule has 142 valence electrons. The van der Waals surface area contributed by atoms with Crippen LogP contribution in [0.1, 0.15) is 43.3 Å². The van der Waals surface area contributed by atoms with Crippen molar-refractivity contribution in [1.82, 2.24) is 24.9 Å². The average Bonchev–Trinajstić information content (AvgIpc) is 3.31. The van der Waals surface area contributed by atoms with E-state index in [9.17, 15) is 4.79 Å². The van der Waals surface area contributed by atoms with Gasteiger partial charge in [0, 0.05) is 13.1 Å². The molecule has 2 N–H and O–H groups in total. The molecule has 7 nitrogen and oxygen atoms in total. The van der Waals surface area contributed by atoms with Gasteiger partial charge in [0.15, 0.2) is 0 Å². The maximum Gasteiger partial charge on any atom is 0.323 e. The zero-order valence-corrected chi connectivity index (χ0v) is 16.0. The van der Waals surface area contributed by atoms with Crippen molar-refractivity contribution in [1.29, 1.82) is 0 Å². The number of rotatable bonds is 7. The van der Waals surface area contributed by atoms with E-state index in [1.807, 2.05) is 28.9 Å². The molecular formula is C20H26N6O. The first-order valence-corrected chi connectivity index (χ1v) is 9.22. The molecule has 0 fully saturated rings. The van der Waals surface area contributed by atoms with Gasteiger partial charge >= 0.3 is 6.03 Å². The van der Waals surface area contributed by atoms with Gasteiger partial charge in [0.25, 0.3) is 0 Å². The number of urea groups is 1. The van der Waals surface area contributed by atoms with E-state index in [1.165, 1.54) is 0 Å². The number of anilines is 1. The molecule has 0 saturated carbocycles. The third-order valence-corrected chi connectivity index (χ3v) is 4.50. The van der Waals surface area contributed by atoms with Crippen LogP contribution in [0, 0.1) is 0 Å². The maximum absolute atomic E-state index is 12.6. The number of aromatic amines is 1. The summed E-state index contributed by atoms with van der Waals surface area (Å²) in [5.41, 5.74) is 3.07. The Labute approximate surface area is 159 Å². The highest BCUT2D eigenvalue weighted by molar-refractivity contribution is 5.88. The number of nitrogens with zero attached hydrogens (tertiary/aromatic N) is 4. The first-order valence-electron chi connectivity index (χ1n) is 9.22. The van der Waals surface area contributed by atoms with E-state index in [-0.39, 0.29) is 12.1 Å². The minimum atomic E-state index is -0.191. The lowest BCUT2D eigenvalue weighted by molar-refractivity contribution is 0.220. The molecule has 7 heteroatoms. The second-order valence-corrected chi connectivity index (χ2v) is 6.67. The van der Waals surface area contributed by atoms with Crippen LogP contribution in [0.25, 0.3) is 0 Å². The lowest BCUT2D eigenvalue weighted by Crippen LogP contribution is -2.32. The highest BCUT2D eigenvalue weighted by Gasteiger charge is 2.16. The number of amides is 2. The van der Waals surface area contributed by atoms with Crippen LogP contribution in [0.5, 0.6) is 0 Å². The van der Waals surface area contributed by atoms with Gasteiger partial charge in [-0.2, -0.15) is 10.2 Å². The van der Waals surface area contributed by atoms with Crippen LogP contribution < -0.4 is 5.32 Å². The molecule has 2 heterocycles. The number of carbonyl (C=O) groups excluding carboxylic acids is 1. The molecule has 0 aliphatic heterocycles. The highest BCUT2D eigenvalue weighted by Crippen LogP contribution is 2.21. The smallest absolute Gasteiger partial charge is 0.322 e. The van der Waals surface area contributed by atoms with E-state index < -0.39 is 0 Å². The minimum Gasteiger partial charge on any atom is -0.322 e. The number of H-pyrrole nitrogens is 1. The molecule has 2 amide bonds. The van der Waals surface area contributed by atoms with Crippen molar-refractivity contribution in [3.63, 3.8) is 0 Å². The van der Waals surface area contributed by atoms with Crippen molar-refractivity contribution in [2.75, 3.05) is 12.4 Å². The fourth-order valence-electron chi connectivity index (χ4n) is 3.00. The summed E-state index contributed by atoms with van der Waals surface area (Å²) in [6.07, 6.45) is 3.67. The van der Waals surface area contributed by atoms with Crippen LogP contribution in [0.2, 0.25) is 0 Å². The average molecular weight is 366 g/mol. The topological polar surface area (TPSA) is 78.8 Å². The van der Waals surface area contributed by atoms with Crippen molar-refractivity contribution >= 4 is 11.8 Å². The van der Waals surface area contributed by atoms with Crippen LogP contribution >= 0.6 is 0 Å². The molecule has 0 aliphatic carbocycles. The largest absolute Gasteiger partial charge is 0.323 e. The Hall–Kier alpha value is -3.09. The van der Waals surface area contributed by atoms with Crippen molar-refractivity contribution in [3.8, 4) is 0 Å². The number of benzene rings is 1. The number of carbonyl (C=O) groups is 1. The molecule has 3 rings (SSSR count). The van der Waals surface area contributed by atoms with Gasteiger partial charge in [-0.25, -0.2) is 9.48 Å². The Balaban J connectivity index is 1.65. The second-order valence-electron chi connectivity index (χ2n) is 6.67. The minimum absolute atomic E-state index is 0.0195. The Morgan fingerprint density at radius 3 is 2.81 bits per heavy atom. The van der Waals surface area contributed by atoms with Gasteiger partial charge in [0.05, 0.1) is 30.2 Å². The van der Waals surface area contributed by atoms with Gasteiger partial charge in [-0.15, -0.1) is 0 Å². The van der Waals surface area contributed by atoms with Crippen LogP contribution in [-0.4, -0.2) is 38.0 Å². The summed E-state index contributed by atoms with van der Waals surface area (Å²) < 4.78 is 1.82. The third-order valence-electron chi connectivity index (χ3n) is 4.50. The molecule has 0 unspecified atom stereocenters. The van der Waals surface area contributed by atoms with Crippen LogP contribution in [0.15, 0.2) is 48.7 Å². The Morgan fingerprint density at radius 1 is 1.30 bits per heavy atom. The van der Waals surface area contributed by atoms with E-state index in [2.05, 4.69) is 46.6 Å². The summed E-state index contributed by atoms with van der Waals surface area (Å²) in [5, 5.41) is 14.6. The summed E-state index contributed by atoms with van der Waals surface area (Å²) in [6.45, 7) is 4.64. The number of hydrogen-bond acceptors (Lipinski definition) is 3. The van der Waals surface area contributed by atoms with Gasteiger partial charge in [-0.05, 0) is 25.0 Å². The Kier molecular flexibility index (Phi) is 5.90. The molecule has 1 atom stereocenters. The second kappa shape index (κ2) is 8.53. The predicted molar refractivity (Wildman–Crippen MR) is 106 cm³/mol. The van der Waals surface area contributed by atoms with Crippen molar-refractivity contribution in [3.05, 3.63) is 65.6 Å². The molecule has 2 aromatic heterocycles. The fourth-order valence-corrected chi connectivity index (χ4v) is 3.00. The first kappa shape index (κ1) is 18.7. The molecule has 0 bridgehead atoms. The van der Waals surface area contributed by atoms with Gasteiger partial charge in [-0.1, -0.05) is 43.7 Å². The van der Waals surface area contributed by atoms with Crippen LogP contribution in [-0.2, 0) is 13.0 Å². The predicted octanol–water partition coefficient (Wildman–Crippen LogP) is 3.83. The van der Waals surface area contributed by atoms with E-state index in [1.54, 1.807) is 24.2 Å².